The molecule has 0 aliphatic heterocycles. The Morgan fingerprint density at radius 2 is 1.67 bits per heavy atom. The van der Waals surface area contributed by atoms with Gasteiger partial charge >= 0.3 is 0 Å². The van der Waals surface area contributed by atoms with Crippen LogP contribution in [-0.4, -0.2) is 6.61 Å². The van der Waals surface area contributed by atoms with Gasteiger partial charge in [-0.15, -0.1) is 0 Å². The zero-order valence-electron chi connectivity index (χ0n) is 7.00. The lowest BCUT2D eigenvalue weighted by molar-refractivity contribution is 0.340. The zero-order valence-corrected chi connectivity index (χ0v) is 7.00. The molecular formula is C8H13N3O. The molecule has 0 atom stereocenters. The molecule has 0 aliphatic carbocycles. The molecule has 0 bridgehead atoms. The first-order chi connectivity index (χ1) is 5.65. The van der Waals surface area contributed by atoms with Crippen LogP contribution in [0.1, 0.15) is 6.92 Å². The summed E-state index contributed by atoms with van der Waals surface area (Å²) in [4.78, 5) is 0. The fraction of sp³-hybridized carbons (Fsp3) is 0.250. The van der Waals surface area contributed by atoms with E-state index in [4.69, 9.17) is 21.9 Å². The minimum Gasteiger partial charge on any atom is -0.494 e. The molecule has 0 spiro atoms. The fourth-order valence-electron chi connectivity index (χ4n) is 0.920. The Morgan fingerprint density at radius 1 is 1.17 bits per heavy atom. The van der Waals surface area contributed by atoms with E-state index in [1.54, 1.807) is 12.1 Å². The number of benzene rings is 1. The van der Waals surface area contributed by atoms with Crippen molar-refractivity contribution in [2.75, 3.05) is 23.8 Å². The van der Waals surface area contributed by atoms with E-state index >= 15 is 0 Å². The largest absolute Gasteiger partial charge is 0.494 e. The SMILES string of the molecule is CCOc1cc(N)c(N)c(N)c1. The summed E-state index contributed by atoms with van der Waals surface area (Å²) in [5, 5.41) is 0. The van der Waals surface area contributed by atoms with Gasteiger partial charge in [-0.05, 0) is 6.92 Å². The topological polar surface area (TPSA) is 87.3 Å². The lowest BCUT2D eigenvalue weighted by Crippen LogP contribution is -2.01. The summed E-state index contributed by atoms with van der Waals surface area (Å²) >= 11 is 0. The third-order valence-electron chi connectivity index (χ3n) is 1.53. The van der Waals surface area contributed by atoms with E-state index in [9.17, 15) is 0 Å². The molecule has 12 heavy (non-hydrogen) atoms. The average Bonchev–Trinajstić information content (AvgIpc) is 2.01. The quantitative estimate of drug-likeness (QED) is 0.569. The van der Waals surface area contributed by atoms with Gasteiger partial charge in [-0.3, -0.25) is 0 Å². The Balaban J connectivity index is 3.04. The maximum atomic E-state index is 5.57. The average molecular weight is 167 g/mol. The van der Waals surface area contributed by atoms with Crippen LogP contribution in [0.3, 0.4) is 0 Å². The molecule has 0 amide bonds. The Labute approximate surface area is 71.3 Å². The third kappa shape index (κ3) is 1.53. The van der Waals surface area contributed by atoms with Crippen molar-refractivity contribution in [3.8, 4) is 5.75 Å². The number of hydrogen-bond donors (Lipinski definition) is 3. The maximum absolute atomic E-state index is 5.57. The van der Waals surface area contributed by atoms with Crippen molar-refractivity contribution in [2.24, 2.45) is 0 Å². The summed E-state index contributed by atoms with van der Waals surface area (Å²) in [7, 11) is 0. The molecule has 0 aromatic heterocycles. The van der Waals surface area contributed by atoms with Crippen molar-refractivity contribution in [1.29, 1.82) is 0 Å². The van der Waals surface area contributed by atoms with Crippen LogP contribution in [-0.2, 0) is 0 Å². The van der Waals surface area contributed by atoms with E-state index < -0.39 is 0 Å². The molecule has 1 rings (SSSR count). The van der Waals surface area contributed by atoms with Gasteiger partial charge in [-0.1, -0.05) is 0 Å². The predicted octanol–water partition coefficient (Wildman–Crippen LogP) is 0.832. The Bertz CT molecular complexity index is 263. The first-order valence-electron chi connectivity index (χ1n) is 3.72. The summed E-state index contributed by atoms with van der Waals surface area (Å²) in [6.45, 7) is 2.48. The van der Waals surface area contributed by atoms with E-state index in [0.717, 1.165) is 0 Å². The van der Waals surface area contributed by atoms with Gasteiger partial charge in [-0.2, -0.15) is 0 Å². The number of hydrogen-bond acceptors (Lipinski definition) is 4. The highest BCUT2D eigenvalue weighted by Gasteiger charge is 2.02. The standard InChI is InChI=1S/C8H13N3O/c1-2-12-5-3-6(9)8(11)7(10)4-5/h3-4H,2,9-11H2,1H3. The van der Waals surface area contributed by atoms with Gasteiger partial charge in [0.25, 0.3) is 0 Å². The zero-order chi connectivity index (χ0) is 9.14. The smallest absolute Gasteiger partial charge is 0.123 e. The van der Waals surface area contributed by atoms with E-state index in [2.05, 4.69) is 0 Å². The Morgan fingerprint density at radius 3 is 2.08 bits per heavy atom. The van der Waals surface area contributed by atoms with E-state index in [1.807, 2.05) is 6.92 Å². The van der Waals surface area contributed by atoms with Gasteiger partial charge in [0.15, 0.2) is 0 Å². The molecular weight excluding hydrogens is 154 g/mol. The second-order valence-corrected chi connectivity index (χ2v) is 2.45. The molecule has 1 aromatic rings. The minimum atomic E-state index is 0.415. The first-order valence-corrected chi connectivity index (χ1v) is 3.72. The third-order valence-corrected chi connectivity index (χ3v) is 1.53. The van der Waals surface area contributed by atoms with Gasteiger partial charge in [0.1, 0.15) is 5.75 Å². The van der Waals surface area contributed by atoms with Crippen molar-refractivity contribution < 1.29 is 4.74 Å². The molecule has 0 saturated heterocycles. The normalized spacial score (nSPS) is 9.75. The van der Waals surface area contributed by atoms with E-state index in [0.29, 0.717) is 29.4 Å². The van der Waals surface area contributed by atoms with E-state index in [1.165, 1.54) is 0 Å². The molecule has 6 N–H and O–H groups in total. The van der Waals surface area contributed by atoms with Crippen molar-refractivity contribution in [1.82, 2.24) is 0 Å². The molecule has 1 aromatic carbocycles. The van der Waals surface area contributed by atoms with Gasteiger partial charge in [-0.25, -0.2) is 0 Å². The van der Waals surface area contributed by atoms with Crippen LogP contribution in [0.5, 0.6) is 5.75 Å². The highest BCUT2D eigenvalue weighted by atomic mass is 16.5. The summed E-state index contributed by atoms with van der Waals surface area (Å²) in [6.07, 6.45) is 0. The second-order valence-electron chi connectivity index (χ2n) is 2.45. The number of anilines is 3. The minimum absolute atomic E-state index is 0.415. The van der Waals surface area contributed by atoms with Crippen LogP contribution >= 0.6 is 0 Å². The number of rotatable bonds is 2. The van der Waals surface area contributed by atoms with Crippen molar-refractivity contribution in [2.45, 2.75) is 6.92 Å². The molecule has 4 nitrogen and oxygen atoms in total. The summed E-state index contributed by atoms with van der Waals surface area (Å²) in [5.74, 6) is 0.654. The van der Waals surface area contributed by atoms with Gasteiger partial charge < -0.3 is 21.9 Å². The number of nitrogens with two attached hydrogens (primary N) is 3. The summed E-state index contributed by atoms with van der Waals surface area (Å²) in [6, 6.07) is 3.32. The monoisotopic (exact) mass is 167 g/mol. The number of ether oxygens (including phenoxy) is 1. The molecule has 0 heterocycles. The van der Waals surface area contributed by atoms with E-state index in [-0.39, 0.29) is 0 Å². The molecule has 0 fully saturated rings. The van der Waals surface area contributed by atoms with Crippen LogP contribution in [0.2, 0.25) is 0 Å². The fourth-order valence-corrected chi connectivity index (χ4v) is 0.920. The highest BCUT2D eigenvalue weighted by Crippen LogP contribution is 2.28. The first kappa shape index (κ1) is 8.52. The molecule has 4 heteroatoms. The van der Waals surface area contributed by atoms with Crippen LogP contribution < -0.4 is 21.9 Å². The molecule has 0 aliphatic rings. The number of nitrogen functional groups attached to an aromatic ring is 3. The highest BCUT2D eigenvalue weighted by molar-refractivity contribution is 5.79. The Kier molecular flexibility index (Phi) is 2.28. The summed E-state index contributed by atoms with van der Waals surface area (Å²) in [5.41, 5.74) is 18.0. The van der Waals surface area contributed by atoms with Crippen molar-refractivity contribution >= 4 is 17.1 Å². The van der Waals surface area contributed by atoms with Crippen molar-refractivity contribution in [3.05, 3.63) is 12.1 Å². The van der Waals surface area contributed by atoms with Gasteiger partial charge in [0, 0.05) is 12.1 Å². The van der Waals surface area contributed by atoms with Crippen LogP contribution in [0.25, 0.3) is 0 Å². The van der Waals surface area contributed by atoms with Crippen LogP contribution in [0, 0.1) is 0 Å². The molecule has 0 unspecified atom stereocenters. The molecule has 0 saturated carbocycles. The van der Waals surface area contributed by atoms with Gasteiger partial charge in [0.05, 0.1) is 23.7 Å². The predicted molar refractivity (Wildman–Crippen MR) is 50.8 cm³/mol. The molecule has 0 radical (unpaired) electrons. The Hall–Kier alpha value is -1.58. The van der Waals surface area contributed by atoms with Crippen molar-refractivity contribution in [3.63, 3.8) is 0 Å². The van der Waals surface area contributed by atoms with Crippen LogP contribution in [0.4, 0.5) is 17.1 Å². The maximum Gasteiger partial charge on any atom is 0.123 e. The lowest BCUT2D eigenvalue weighted by atomic mass is 10.2. The van der Waals surface area contributed by atoms with Gasteiger partial charge in [0.2, 0.25) is 0 Å². The summed E-state index contributed by atoms with van der Waals surface area (Å²) < 4.78 is 5.21. The second kappa shape index (κ2) is 3.21. The van der Waals surface area contributed by atoms with Crippen LogP contribution in [0.15, 0.2) is 12.1 Å². The lowest BCUT2D eigenvalue weighted by Gasteiger charge is -2.08. The molecule has 66 valence electrons.